The number of carbonyl (C=O) groups is 1. The zero-order valence-electron chi connectivity index (χ0n) is 8.57. The van der Waals surface area contributed by atoms with Crippen LogP contribution in [0.15, 0.2) is 12.2 Å². The van der Waals surface area contributed by atoms with Gasteiger partial charge in [-0.15, -0.1) is 0 Å². The first-order chi connectivity index (χ1) is 8.27. The Labute approximate surface area is 99.6 Å². The Morgan fingerprint density at radius 1 is 1.16 bits per heavy atom. The Kier molecular flexibility index (Phi) is 4.53. The summed E-state index contributed by atoms with van der Waals surface area (Å²) in [6.07, 6.45) is -17.7. The molecule has 108 valence electrons. The molecule has 0 saturated carbocycles. The van der Waals surface area contributed by atoms with Crippen molar-refractivity contribution in [2.75, 3.05) is 0 Å². The number of hydrogen-bond acceptors (Lipinski definition) is 3. The van der Waals surface area contributed by atoms with Crippen molar-refractivity contribution in [3.8, 4) is 6.07 Å². The fraction of sp³-hybridized carbons (Fsp3) is 0.500. The third kappa shape index (κ3) is 3.55. The summed E-state index contributed by atoms with van der Waals surface area (Å²) in [5, 5.41) is 8.01. The van der Waals surface area contributed by atoms with E-state index >= 15 is 0 Å². The fourth-order valence-corrected chi connectivity index (χ4v) is 0.645. The number of ether oxygens (including phenoxy) is 1. The van der Waals surface area contributed by atoms with Gasteiger partial charge in [0.15, 0.2) is 0 Å². The first-order valence-electron chi connectivity index (χ1n) is 4.06. The molecule has 0 amide bonds. The molecule has 19 heavy (non-hydrogen) atoms. The molecule has 0 aromatic carbocycles. The quantitative estimate of drug-likeness (QED) is 0.347. The van der Waals surface area contributed by atoms with Crippen LogP contribution in [0.2, 0.25) is 0 Å². The number of carbonyl (C=O) groups excluding carboxylic acids is 1. The van der Waals surface area contributed by atoms with E-state index in [1.54, 1.807) is 0 Å². The summed E-state index contributed by atoms with van der Waals surface area (Å²) in [4.78, 5) is 10.5. The van der Waals surface area contributed by atoms with Crippen LogP contribution >= 0.6 is 0 Å². The maximum absolute atomic E-state index is 12.6. The SMILES string of the molecule is C=C(C#N)C(=O)OC(F)(F)C(F)(F)C(F)C(F)(F)F. The highest BCUT2D eigenvalue weighted by Crippen LogP contribution is 2.45. The van der Waals surface area contributed by atoms with Gasteiger partial charge in [0.2, 0.25) is 0 Å². The van der Waals surface area contributed by atoms with Crippen LogP contribution in [0.4, 0.5) is 35.1 Å². The number of nitrogens with zero attached hydrogens (tertiary/aromatic N) is 1. The van der Waals surface area contributed by atoms with Crippen LogP contribution in [-0.4, -0.2) is 30.3 Å². The molecule has 0 saturated heterocycles. The second kappa shape index (κ2) is 5.02. The predicted octanol–water partition coefficient (Wildman–Crippen LogP) is 2.74. The lowest BCUT2D eigenvalue weighted by Gasteiger charge is -2.28. The van der Waals surface area contributed by atoms with Crippen LogP contribution in [0, 0.1) is 11.3 Å². The number of halogens is 8. The minimum absolute atomic E-state index is 0.835. The minimum Gasteiger partial charge on any atom is -0.392 e. The molecule has 0 radical (unpaired) electrons. The minimum atomic E-state index is -6.36. The molecule has 0 aromatic heterocycles. The molecule has 1 atom stereocenters. The first kappa shape index (κ1) is 17.1. The monoisotopic (exact) mass is 297 g/mol. The summed E-state index contributed by atoms with van der Waals surface area (Å²) in [5.41, 5.74) is -1.38. The van der Waals surface area contributed by atoms with Gasteiger partial charge in [-0.2, -0.15) is 36.0 Å². The van der Waals surface area contributed by atoms with Gasteiger partial charge >= 0.3 is 24.2 Å². The number of nitriles is 1. The van der Waals surface area contributed by atoms with E-state index in [1.165, 1.54) is 0 Å². The Balaban J connectivity index is 5.25. The first-order valence-corrected chi connectivity index (χ1v) is 4.06. The van der Waals surface area contributed by atoms with Crippen molar-refractivity contribution in [1.82, 2.24) is 0 Å². The van der Waals surface area contributed by atoms with Gasteiger partial charge in [0.1, 0.15) is 11.6 Å². The van der Waals surface area contributed by atoms with Crippen molar-refractivity contribution in [2.24, 2.45) is 0 Å². The van der Waals surface area contributed by atoms with Crippen molar-refractivity contribution < 1.29 is 44.7 Å². The Morgan fingerprint density at radius 2 is 1.58 bits per heavy atom. The standard InChI is InChI=1S/C8H3F8NO2/c1-3(2-17)4(18)19-8(15,16)6(10,11)5(9)7(12,13)14/h5H,1H2. The summed E-state index contributed by atoms with van der Waals surface area (Å²) in [7, 11) is 0. The molecule has 0 aliphatic heterocycles. The van der Waals surface area contributed by atoms with E-state index in [0.717, 1.165) is 6.07 Å². The smallest absolute Gasteiger partial charge is 0.392 e. The van der Waals surface area contributed by atoms with E-state index in [-0.39, 0.29) is 0 Å². The molecule has 1 unspecified atom stereocenters. The van der Waals surface area contributed by atoms with Gasteiger partial charge in [-0.05, 0) is 0 Å². The lowest BCUT2D eigenvalue weighted by molar-refractivity contribution is -0.373. The normalized spacial score (nSPS) is 14.5. The van der Waals surface area contributed by atoms with Crippen LogP contribution in [0.3, 0.4) is 0 Å². The van der Waals surface area contributed by atoms with Gasteiger partial charge in [0, 0.05) is 0 Å². The molecule has 0 rings (SSSR count). The zero-order valence-corrected chi connectivity index (χ0v) is 8.57. The van der Waals surface area contributed by atoms with Crippen LogP contribution in [0.1, 0.15) is 0 Å². The lowest BCUT2D eigenvalue weighted by atomic mass is 10.2. The predicted molar refractivity (Wildman–Crippen MR) is 41.7 cm³/mol. The molecule has 0 spiro atoms. The summed E-state index contributed by atoms with van der Waals surface area (Å²) in [6.45, 7) is 2.50. The number of rotatable bonds is 4. The lowest BCUT2D eigenvalue weighted by Crippen LogP contribution is -2.55. The fourth-order valence-electron chi connectivity index (χ4n) is 0.645. The van der Waals surface area contributed by atoms with Crippen molar-refractivity contribution in [1.29, 1.82) is 5.26 Å². The number of alkyl halides is 8. The molecular weight excluding hydrogens is 294 g/mol. The Hall–Kier alpha value is -1.86. The molecule has 0 aromatic rings. The van der Waals surface area contributed by atoms with Gasteiger partial charge in [-0.3, -0.25) is 0 Å². The average Bonchev–Trinajstić information content (AvgIpc) is 2.24. The van der Waals surface area contributed by atoms with Crippen molar-refractivity contribution in [3.63, 3.8) is 0 Å². The molecule has 3 nitrogen and oxygen atoms in total. The molecular formula is C8H3F8NO2. The Morgan fingerprint density at radius 3 is 1.89 bits per heavy atom. The van der Waals surface area contributed by atoms with Crippen molar-refractivity contribution in [2.45, 2.75) is 24.4 Å². The second-order valence-electron chi connectivity index (χ2n) is 3.02. The van der Waals surface area contributed by atoms with Gasteiger partial charge in [-0.1, -0.05) is 6.58 Å². The summed E-state index contributed by atoms with van der Waals surface area (Å²) >= 11 is 0. The van der Waals surface area contributed by atoms with Crippen molar-refractivity contribution >= 4 is 5.97 Å². The summed E-state index contributed by atoms with van der Waals surface area (Å²) in [6, 6.07) is 0.835. The highest BCUT2D eigenvalue weighted by molar-refractivity contribution is 5.92. The van der Waals surface area contributed by atoms with E-state index < -0.39 is 35.9 Å². The number of esters is 1. The van der Waals surface area contributed by atoms with Crippen LogP contribution < -0.4 is 0 Å². The third-order valence-corrected chi connectivity index (χ3v) is 1.60. The van der Waals surface area contributed by atoms with Crippen LogP contribution in [0.5, 0.6) is 0 Å². The van der Waals surface area contributed by atoms with E-state index in [2.05, 4.69) is 11.3 Å². The summed E-state index contributed by atoms with van der Waals surface area (Å²) < 4.78 is 100. The van der Waals surface area contributed by atoms with Gasteiger partial charge in [0.25, 0.3) is 6.17 Å². The maximum Gasteiger partial charge on any atom is 0.470 e. The van der Waals surface area contributed by atoms with Crippen LogP contribution in [-0.2, 0) is 9.53 Å². The number of hydrogen-bond donors (Lipinski definition) is 0. The molecule has 0 heterocycles. The zero-order chi connectivity index (χ0) is 15.6. The van der Waals surface area contributed by atoms with E-state index in [0.29, 0.717) is 0 Å². The highest BCUT2D eigenvalue weighted by atomic mass is 19.4. The largest absolute Gasteiger partial charge is 0.470 e. The van der Waals surface area contributed by atoms with Gasteiger partial charge in [0.05, 0.1) is 0 Å². The molecule has 0 aliphatic carbocycles. The van der Waals surface area contributed by atoms with Crippen molar-refractivity contribution in [3.05, 3.63) is 12.2 Å². The molecule has 11 heteroatoms. The van der Waals surface area contributed by atoms with Crippen LogP contribution in [0.25, 0.3) is 0 Å². The third-order valence-electron chi connectivity index (χ3n) is 1.60. The topological polar surface area (TPSA) is 50.1 Å². The molecule has 0 bridgehead atoms. The van der Waals surface area contributed by atoms with Gasteiger partial charge in [-0.25, -0.2) is 9.18 Å². The summed E-state index contributed by atoms with van der Waals surface area (Å²) in [5.74, 6) is -8.77. The van der Waals surface area contributed by atoms with E-state index in [1.807, 2.05) is 0 Å². The molecule has 0 aliphatic rings. The van der Waals surface area contributed by atoms with E-state index in [9.17, 15) is 39.9 Å². The molecule has 0 fully saturated rings. The Bertz CT molecular complexity index is 421. The average molecular weight is 297 g/mol. The highest BCUT2D eigenvalue weighted by Gasteiger charge is 2.72. The second-order valence-corrected chi connectivity index (χ2v) is 3.02. The van der Waals surface area contributed by atoms with Gasteiger partial charge < -0.3 is 4.74 Å². The molecule has 0 N–H and O–H groups in total. The van der Waals surface area contributed by atoms with E-state index in [4.69, 9.17) is 5.26 Å². The maximum atomic E-state index is 12.6.